The monoisotopic (exact) mass is 336 g/mol. The predicted molar refractivity (Wildman–Crippen MR) is 79.6 cm³/mol. The van der Waals surface area contributed by atoms with Crippen LogP contribution in [0.15, 0.2) is 28.7 Å². The highest BCUT2D eigenvalue weighted by Gasteiger charge is 2.41. The molecule has 0 spiro atoms. The van der Waals surface area contributed by atoms with Crippen molar-refractivity contribution in [3.8, 4) is 0 Å². The van der Waals surface area contributed by atoms with Gasteiger partial charge < -0.3 is 5.32 Å². The van der Waals surface area contributed by atoms with E-state index in [4.69, 9.17) is 0 Å². The van der Waals surface area contributed by atoms with Crippen LogP contribution in [0.1, 0.15) is 23.2 Å². The third-order valence-electron chi connectivity index (χ3n) is 4.23. The van der Waals surface area contributed by atoms with Gasteiger partial charge in [-0.1, -0.05) is 28.1 Å². The van der Waals surface area contributed by atoms with Crippen LogP contribution < -0.4 is 5.32 Å². The van der Waals surface area contributed by atoms with Gasteiger partial charge in [0, 0.05) is 22.6 Å². The standard InChI is InChI=1S/C15H17BrN2O2/c16-11-5-3-10(4-6-11)14(19)9-18-7-1-2-12-13(18)8-17-15(12)20/h3-6,12-13H,1-2,7-9H2,(H,17,20). The van der Waals surface area contributed by atoms with Crippen molar-refractivity contribution in [1.82, 2.24) is 10.2 Å². The topological polar surface area (TPSA) is 49.4 Å². The van der Waals surface area contributed by atoms with Crippen molar-refractivity contribution in [2.24, 2.45) is 5.92 Å². The molecule has 0 aromatic heterocycles. The third-order valence-corrected chi connectivity index (χ3v) is 4.76. The van der Waals surface area contributed by atoms with Crippen LogP contribution >= 0.6 is 15.9 Å². The Hall–Kier alpha value is -1.20. The number of ketones is 1. The fourth-order valence-corrected chi connectivity index (χ4v) is 3.41. The van der Waals surface area contributed by atoms with E-state index in [0.717, 1.165) is 29.4 Å². The number of carbonyl (C=O) groups excluding carboxylic acids is 2. The largest absolute Gasteiger partial charge is 0.354 e. The summed E-state index contributed by atoms with van der Waals surface area (Å²) < 4.78 is 0.970. The van der Waals surface area contributed by atoms with Gasteiger partial charge in [0.2, 0.25) is 5.91 Å². The van der Waals surface area contributed by atoms with Gasteiger partial charge in [0.15, 0.2) is 5.78 Å². The quantitative estimate of drug-likeness (QED) is 0.857. The molecule has 20 heavy (non-hydrogen) atoms. The Bertz CT molecular complexity index is 529. The maximum Gasteiger partial charge on any atom is 0.224 e. The lowest BCUT2D eigenvalue weighted by molar-refractivity contribution is -0.124. The number of piperidine rings is 1. The predicted octanol–water partition coefficient (Wildman–Crippen LogP) is 1.84. The molecule has 0 radical (unpaired) electrons. The van der Waals surface area contributed by atoms with E-state index in [1.165, 1.54) is 0 Å². The lowest BCUT2D eigenvalue weighted by Crippen LogP contribution is -2.47. The number of fused-ring (bicyclic) bond motifs is 1. The summed E-state index contributed by atoms with van der Waals surface area (Å²) >= 11 is 3.37. The number of likely N-dealkylation sites (tertiary alicyclic amines) is 1. The normalized spacial score (nSPS) is 26.1. The van der Waals surface area contributed by atoms with E-state index in [2.05, 4.69) is 26.1 Å². The van der Waals surface area contributed by atoms with Gasteiger partial charge in [-0.25, -0.2) is 0 Å². The highest BCUT2D eigenvalue weighted by Crippen LogP contribution is 2.27. The Morgan fingerprint density at radius 2 is 2.10 bits per heavy atom. The fourth-order valence-electron chi connectivity index (χ4n) is 3.15. The number of carbonyl (C=O) groups is 2. The average Bonchev–Trinajstić information content (AvgIpc) is 2.82. The Morgan fingerprint density at radius 3 is 2.85 bits per heavy atom. The molecule has 2 aliphatic rings. The molecule has 2 atom stereocenters. The Kier molecular flexibility index (Phi) is 3.89. The molecule has 1 aromatic carbocycles. The fraction of sp³-hybridized carbons (Fsp3) is 0.467. The van der Waals surface area contributed by atoms with Crippen molar-refractivity contribution in [1.29, 1.82) is 0 Å². The third kappa shape index (κ3) is 2.65. The average molecular weight is 337 g/mol. The van der Waals surface area contributed by atoms with Gasteiger partial charge in [-0.15, -0.1) is 0 Å². The van der Waals surface area contributed by atoms with Crippen LogP contribution in [0.5, 0.6) is 0 Å². The van der Waals surface area contributed by atoms with Crippen LogP contribution in [0.25, 0.3) is 0 Å². The lowest BCUT2D eigenvalue weighted by atomic mass is 9.91. The molecule has 1 amide bonds. The van der Waals surface area contributed by atoms with Crippen molar-refractivity contribution in [3.63, 3.8) is 0 Å². The van der Waals surface area contributed by atoms with Gasteiger partial charge in [-0.05, 0) is 31.5 Å². The van der Waals surface area contributed by atoms with E-state index < -0.39 is 0 Å². The van der Waals surface area contributed by atoms with Crippen LogP contribution in [-0.2, 0) is 4.79 Å². The van der Waals surface area contributed by atoms with Crippen LogP contribution in [0.2, 0.25) is 0 Å². The van der Waals surface area contributed by atoms with Crippen LogP contribution in [0.4, 0.5) is 0 Å². The van der Waals surface area contributed by atoms with Crippen molar-refractivity contribution >= 4 is 27.6 Å². The zero-order chi connectivity index (χ0) is 14.1. The molecule has 3 rings (SSSR count). The number of hydrogen-bond donors (Lipinski definition) is 1. The number of hydrogen-bond acceptors (Lipinski definition) is 3. The first-order valence-electron chi connectivity index (χ1n) is 6.95. The van der Waals surface area contributed by atoms with E-state index in [1.807, 2.05) is 24.3 Å². The molecule has 5 heteroatoms. The first-order valence-corrected chi connectivity index (χ1v) is 7.75. The zero-order valence-corrected chi connectivity index (χ0v) is 12.7. The van der Waals surface area contributed by atoms with Gasteiger partial charge >= 0.3 is 0 Å². The Morgan fingerprint density at radius 1 is 1.35 bits per heavy atom. The second-order valence-electron chi connectivity index (χ2n) is 5.46. The van der Waals surface area contributed by atoms with Gasteiger partial charge in [-0.3, -0.25) is 14.5 Å². The second-order valence-corrected chi connectivity index (χ2v) is 6.38. The minimum atomic E-state index is 0.0708. The van der Waals surface area contributed by atoms with Crippen LogP contribution in [-0.4, -0.2) is 42.3 Å². The van der Waals surface area contributed by atoms with Gasteiger partial charge in [-0.2, -0.15) is 0 Å². The summed E-state index contributed by atoms with van der Waals surface area (Å²) in [5.74, 6) is 0.342. The van der Waals surface area contributed by atoms with Crippen LogP contribution in [0.3, 0.4) is 0 Å². The summed E-state index contributed by atoms with van der Waals surface area (Å²) in [4.78, 5) is 26.2. The SMILES string of the molecule is O=C(CN1CCCC2C(=O)NCC21)c1ccc(Br)cc1. The summed E-state index contributed by atoms with van der Waals surface area (Å²) in [6.07, 6.45) is 1.93. The number of benzene rings is 1. The Balaban J connectivity index is 1.69. The minimum absolute atomic E-state index is 0.0708. The van der Waals surface area contributed by atoms with E-state index >= 15 is 0 Å². The molecular formula is C15H17BrN2O2. The molecule has 1 N–H and O–H groups in total. The second kappa shape index (κ2) is 5.66. The first-order chi connectivity index (χ1) is 9.65. The summed E-state index contributed by atoms with van der Waals surface area (Å²) in [5, 5.41) is 2.91. The van der Waals surface area contributed by atoms with E-state index in [-0.39, 0.29) is 23.7 Å². The van der Waals surface area contributed by atoms with Gasteiger partial charge in [0.1, 0.15) is 0 Å². The number of nitrogens with one attached hydrogen (secondary N) is 1. The van der Waals surface area contributed by atoms with Crippen molar-refractivity contribution in [2.45, 2.75) is 18.9 Å². The summed E-state index contributed by atoms with van der Waals surface area (Å²) in [6.45, 7) is 1.98. The molecule has 0 aliphatic carbocycles. The number of amides is 1. The van der Waals surface area contributed by atoms with E-state index in [1.54, 1.807) is 0 Å². The Labute approximate surface area is 126 Å². The highest BCUT2D eigenvalue weighted by atomic mass is 79.9. The molecular weight excluding hydrogens is 320 g/mol. The summed E-state index contributed by atoms with van der Waals surface area (Å²) in [7, 11) is 0. The number of nitrogens with zero attached hydrogens (tertiary/aromatic N) is 1. The maximum absolute atomic E-state index is 12.3. The molecule has 2 unspecified atom stereocenters. The zero-order valence-electron chi connectivity index (χ0n) is 11.1. The van der Waals surface area contributed by atoms with Gasteiger partial charge in [0.05, 0.1) is 12.5 Å². The molecule has 2 fully saturated rings. The van der Waals surface area contributed by atoms with Crippen LogP contribution in [0, 0.1) is 5.92 Å². The molecule has 0 bridgehead atoms. The lowest BCUT2D eigenvalue weighted by Gasteiger charge is -2.35. The highest BCUT2D eigenvalue weighted by molar-refractivity contribution is 9.10. The molecule has 1 aromatic rings. The smallest absolute Gasteiger partial charge is 0.224 e. The number of Topliss-reactive ketones (excluding diaryl/α,β-unsaturated/α-hetero) is 1. The summed E-state index contributed by atoms with van der Waals surface area (Å²) in [5.41, 5.74) is 0.729. The first kappa shape index (κ1) is 13.8. The number of rotatable bonds is 3. The molecule has 0 saturated carbocycles. The molecule has 2 saturated heterocycles. The molecule has 2 heterocycles. The van der Waals surface area contributed by atoms with Crippen molar-refractivity contribution in [3.05, 3.63) is 34.3 Å². The van der Waals surface area contributed by atoms with E-state index in [0.29, 0.717) is 13.1 Å². The molecule has 4 nitrogen and oxygen atoms in total. The molecule has 2 aliphatic heterocycles. The van der Waals surface area contributed by atoms with Crippen molar-refractivity contribution in [2.75, 3.05) is 19.6 Å². The summed E-state index contributed by atoms with van der Waals surface area (Å²) in [6, 6.07) is 7.63. The minimum Gasteiger partial charge on any atom is -0.354 e. The molecule has 106 valence electrons. The van der Waals surface area contributed by atoms with E-state index in [9.17, 15) is 9.59 Å². The maximum atomic E-state index is 12.3. The number of halogens is 1. The van der Waals surface area contributed by atoms with Gasteiger partial charge in [0.25, 0.3) is 0 Å². The van der Waals surface area contributed by atoms with Crippen molar-refractivity contribution < 1.29 is 9.59 Å².